The lowest BCUT2D eigenvalue weighted by Crippen LogP contribution is -2.37. The summed E-state index contributed by atoms with van der Waals surface area (Å²) < 4.78 is 12.1. The zero-order chi connectivity index (χ0) is 39.1. The van der Waals surface area contributed by atoms with Crippen LogP contribution < -0.4 is 4.74 Å². The highest BCUT2D eigenvalue weighted by molar-refractivity contribution is 6.14. The highest BCUT2D eigenvalue weighted by Crippen LogP contribution is 2.61. The monoisotopic (exact) mass is 764 g/mol. The number of fused-ring (bicyclic) bond motifs is 17. The van der Waals surface area contributed by atoms with Crippen LogP contribution in [0, 0.1) is 0 Å². The van der Waals surface area contributed by atoms with E-state index in [0.29, 0.717) is 5.95 Å². The van der Waals surface area contributed by atoms with Gasteiger partial charge in [0, 0.05) is 43.6 Å². The summed E-state index contributed by atoms with van der Waals surface area (Å²) in [6.45, 7) is 0. The van der Waals surface area contributed by atoms with Crippen LogP contribution in [0.2, 0.25) is 0 Å². The van der Waals surface area contributed by atoms with Gasteiger partial charge in [-0.05, 0) is 58.3 Å². The van der Waals surface area contributed by atoms with Crippen molar-refractivity contribution in [2.24, 2.45) is 0 Å². The largest absolute Gasteiger partial charge is 0.454 e. The van der Waals surface area contributed by atoms with Crippen molar-refractivity contribution in [1.29, 1.82) is 0 Å². The van der Waals surface area contributed by atoms with Gasteiger partial charge in [-0.15, -0.1) is 0 Å². The second-order valence-corrected chi connectivity index (χ2v) is 16.1. The molecule has 0 bridgehead atoms. The van der Waals surface area contributed by atoms with Crippen LogP contribution in [0.15, 0.2) is 194 Å². The zero-order valence-corrected chi connectivity index (χ0v) is 32.2. The van der Waals surface area contributed by atoms with Crippen molar-refractivity contribution in [1.82, 2.24) is 19.1 Å². The van der Waals surface area contributed by atoms with Gasteiger partial charge in [0.1, 0.15) is 11.3 Å². The van der Waals surface area contributed by atoms with Crippen LogP contribution in [0.25, 0.3) is 88.2 Å². The maximum absolute atomic E-state index is 7.34. The van der Waals surface area contributed by atoms with Crippen molar-refractivity contribution in [2.75, 3.05) is 0 Å². The molecule has 0 fully saturated rings. The first-order valence-corrected chi connectivity index (χ1v) is 20.5. The van der Waals surface area contributed by atoms with Gasteiger partial charge in [0.25, 0.3) is 0 Å². The van der Waals surface area contributed by atoms with Gasteiger partial charge < -0.3 is 9.30 Å². The topological polar surface area (TPSA) is 44.9 Å². The van der Waals surface area contributed by atoms with Crippen LogP contribution in [-0.4, -0.2) is 19.1 Å². The SMILES string of the molecule is c1ccc2c(c1)Oc1c(ccc3c4ccccc4n(-c4nc(-c5ccc6ccccc6c5)c5ccccc5n4)c13)C21c2ccccc2-n2c3ccccc3c3cccc1c32. The third-order valence-corrected chi connectivity index (χ3v) is 13.2. The molecular weight excluding hydrogens is 733 g/mol. The van der Waals surface area contributed by atoms with Crippen molar-refractivity contribution in [3.8, 4) is 34.4 Å². The fraction of sp³-hybridized carbons (Fsp3) is 0.0182. The summed E-state index contributed by atoms with van der Waals surface area (Å²) in [5.41, 5.74) is 12.3. The molecule has 1 unspecified atom stereocenters. The molecule has 9 aromatic carbocycles. The Labute approximate surface area is 344 Å². The third-order valence-electron chi connectivity index (χ3n) is 13.2. The highest BCUT2D eigenvalue weighted by atomic mass is 16.5. The Kier molecular flexibility index (Phi) is 6.16. The molecule has 0 N–H and O–H groups in total. The quantitative estimate of drug-likeness (QED) is 0.176. The predicted octanol–water partition coefficient (Wildman–Crippen LogP) is 13.4. The number of benzene rings is 9. The van der Waals surface area contributed by atoms with Gasteiger partial charge in [0.15, 0.2) is 5.75 Å². The second-order valence-electron chi connectivity index (χ2n) is 16.1. The van der Waals surface area contributed by atoms with Gasteiger partial charge in [-0.2, -0.15) is 0 Å². The molecule has 14 rings (SSSR count). The van der Waals surface area contributed by atoms with Crippen LogP contribution >= 0.6 is 0 Å². The van der Waals surface area contributed by atoms with Gasteiger partial charge in [0.05, 0.1) is 38.9 Å². The van der Waals surface area contributed by atoms with E-state index >= 15 is 0 Å². The Morgan fingerprint density at radius 1 is 0.417 bits per heavy atom. The Morgan fingerprint density at radius 3 is 1.93 bits per heavy atom. The maximum atomic E-state index is 7.34. The molecule has 12 aromatic rings. The number of ether oxygens (including phenoxy) is 1. The summed E-state index contributed by atoms with van der Waals surface area (Å²) in [5.74, 6) is 2.24. The van der Waals surface area contributed by atoms with E-state index in [2.05, 4.69) is 203 Å². The summed E-state index contributed by atoms with van der Waals surface area (Å²) in [6.07, 6.45) is 0. The van der Waals surface area contributed by atoms with Crippen LogP contribution in [0.5, 0.6) is 11.5 Å². The Balaban J connectivity index is 1.14. The van der Waals surface area contributed by atoms with E-state index in [9.17, 15) is 0 Å². The van der Waals surface area contributed by atoms with Gasteiger partial charge in [-0.1, -0.05) is 158 Å². The number of nitrogens with zero attached hydrogens (tertiary/aromatic N) is 4. The van der Waals surface area contributed by atoms with E-state index in [-0.39, 0.29) is 0 Å². The summed E-state index contributed by atoms with van der Waals surface area (Å²) in [6, 6.07) is 69.8. The fourth-order valence-corrected chi connectivity index (χ4v) is 10.8. The predicted molar refractivity (Wildman–Crippen MR) is 243 cm³/mol. The molecule has 60 heavy (non-hydrogen) atoms. The number of para-hydroxylation sites is 6. The fourth-order valence-electron chi connectivity index (χ4n) is 10.8. The van der Waals surface area contributed by atoms with E-state index in [1.54, 1.807) is 0 Å². The minimum atomic E-state index is -0.708. The van der Waals surface area contributed by atoms with E-state index in [0.717, 1.165) is 66.6 Å². The molecule has 5 heterocycles. The molecule has 278 valence electrons. The lowest BCUT2D eigenvalue weighted by atomic mass is 9.61. The number of rotatable bonds is 2. The van der Waals surface area contributed by atoms with Crippen molar-refractivity contribution in [3.63, 3.8) is 0 Å². The smallest absolute Gasteiger partial charge is 0.235 e. The van der Waals surface area contributed by atoms with Gasteiger partial charge in [-0.25, -0.2) is 9.97 Å². The average Bonchev–Trinajstić information content (AvgIpc) is 3.84. The molecule has 5 heteroatoms. The summed E-state index contributed by atoms with van der Waals surface area (Å²) in [5, 5.41) is 8.05. The molecule has 0 radical (unpaired) electrons. The molecule has 3 aromatic heterocycles. The van der Waals surface area contributed by atoms with Crippen LogP contribution in [0.3, 0.4) is 0 Å². The maximum Gasteiger partial charge on any atom is 0.235 e. The number of hydrogen-bond donors (Lipinski definition) is 0. The van der Waals surface area contributed by atoms with Crippen molar-refractivity contribution < 1.29 is 4.74 Å². The first-order chi connectivity index (χ1) is 29.8. The second kappa shape index (κ2) is 11.6. The summed E-state index contributed by atoms with van der Waals surface area (Å²) in [7, 11) is 0. The Hall–Kier alpha value is -8.02. The van der Waals surface area contributed by atoms with Crippen molar-refractivity contribution >= 4 is 65.3 Å². The van der Waals surface area contributed by atoms with Gasteiger partial charge in [-0.3, -0.25) is 4.57 Å². The standard InChI is InChI=1S/C55H32N4O/c1-2-15-34-32-35(29-28-33(34)14-1)50-40-18-3-8-23-45(40)56-54(57-50)59-47-25-10-5-17-37(47)39-30-31-44-53(52(39)59)60-49-27-12-7-21-42(49)55(44)41-20-6-11-26-48(41)58-46-24-9-4-16-36(46)38-19-13-22-43(55)51(38)58/h1-32H. The molecule has 1 atom stereocenters. The van der Waals surface area contributed by atoms with E-state index < -0.39 is 5.41 Å². The Bertz CT molecular complexity index is 3840. The van der Waals surface area contributed by atoms with Crippen LogP contribution in [-0.2, 0) is 5.41 Å². The van der Waals surface area contributed by atoms with Gasteiger partial charge >= 0.3 is 0 Å². The van der Waals surface area contributed by atoms with E-state index in [1.165, 1.54) is 49.4 Å². The highest BCUT2D eigenvalue weighted by Gasteiger charge is 2.51. The normalized spacial score (nSPS) is 15.2. The van der Waals surface area contributed by atoms with Crippen molar-refractivity contribution in [2.45, 2.75) is 5.41 Å². The molecule has 0 amide bonds. The molecule has 2 aliphatic rings. The van der Waals surface area contributed by atoms with Crippen molar-refractivity contribution in [3.05, 3.63) is 216 Å². The molecule has 1 spiro atoms. The first-order valence-electron chi connectivity index (χ1n) is 20.5. The van der Waals surface area contributed by atoms with Crippen LogP contribution in [0.4, 0.5) is 0 Å². The molecule has 0 saturated heterocycles. The van der Waals surface area contributed by atoms with Crippen LogP contribution in [0.1, 0.15) is 22.3 Å². The molecule has 0 aliphatic carbocycles. The average molecular weight is 765 g/mol. The summed E-state index contributed by atoms with van der Waals surface area (Å²) >= 11 is 0. The zero-order valence-electron chi connectivity index (χ0n) is 32.2. The summed E-state index contributed by atoms with van der Waals surface area (Å²) in [4.78, 5) is 10.9. The third kappa shape index (κ3) is 3.96. The molecule has 2 aliphatic heterocycles. The molecule has 5 nitrogen and oxygen atoms in total. The minimum Gasteiger partial charge on any atom is -0.454 e. The first kappa shape index (κ1) is 32.0. The molecule has 0 saturated carbocycles. The number of aromatic nitrogens is 4. The lowest BCUT2D eigenvalue weighted by Gasteiger charge is -2.45. The van der Waals surface area contributed by atoms with E-state index in [4.69, 9.17) is 14.7 Å². The molecular formula is C55H32N4O. The Morgan fingerprint density at radius 2 is 1.07 bits per heavy atom. The minimum absolute atomic E-state index is 0.597. The van der Waals surface area contributed by atoms with E-state index in [1.807, 2.05) is 0 Å². The lowest BCUT2D eigenvalue weighted by molar-refractivity contribution is 0.437. The van der Waals surface area contributed by atoms with Gasteiger partial charge in [0.2, 0.25) is 5.95 Å². The number of hydrogen-bond acceptors (Lipinski definition) is 3.